The van der Waals surface area contributed by atoms with E-state index < -0.39 is 0 Å². The van der Waals surface area contributed by atoms with Gasteiger partial charge in [0.1, 0.15) is 6.10 Å². The Balaban J connectivity index is 2.34. The van der Waals surface area contributed by atoms with Crippen molar-refractivity contribution in [1.82, 2.24) is 0 Å². The Bertz CT molecular complexity index is 87.0. The summed E-state index contributed by atoms with van der Waals surface area (Å²) in [6.07, 6.45) is 1.78. The van der Waals surface area contributed by atoms with Crippen LogP contribution in [0.4, 0.5) is 0 Å². The van der Waals surface area contributed by atoms with Crippen LogP contribution in [-0.2, 0) is 13.7 Å². The van der Waals surface area contributed by atoms with Crippen molar-refractivity contribution in [3.63, 3.8) is 0 Å². The molecule has 0 aliphatic carbocycles. The highest BCUT2D eigenvalue weighted by Gasteiger charge is 2.25. The highest BCUT2D eigenvalue weighted by atomic mass is 32.1. The van der Waals surface area contributed by atoms with E-state index in [9.17, 15) is 0 Å². The monoisotopic (exact) mass is 164 g/mol. The van der Waals surface area contributed by atoms with Gasteiger partial charge in [0, 0.05) is 13.7 Å². The van der Waals surface area contributed by atoms with Crippen LogP contribution in [0.2, 0.25) is 0 Å². The molecule has 1 aliphatic heterocycles. The minimum atomic E-state index is -0.290. The molecule has 0 aromatic rings. The van der Waals surface area contributed by atoms with Crippen LogP contribution in [0.5, 0.6) is 0 Å². The van der Waals surface area contributed by atoms with Gasteiger partial charge in [0.2, 0.25) is 0 Å². The molecule has 1 rings (SSSR count). The molecule has 0 bridgehead atoms. The summed E-state index contributed by atoms with van der Waals surface area (Å²) >= 11 is 3.67. The Morgan fingerprint density at radius 3 is 2.90 bits per heavy atom. The Morgan fingerprint density at radius 2 is 2.40 bits per heavy atom. The SMILES string of the molecule is COC1CCCOC1OS. The average Bonchev–Trinajstić information content (AvgIpc) is 2.04. The van der Waals surface area contributed by atoms with E-state index in [0.29, 0.717) is 0 Å². The summed E-state index contributed by atoms with van der Waals surface area (Å²) in [5.41, 5.74) is 0. The van der Waals surface area contributed by atoms with Crippen LogP contribution < -0.4 is 0 Å². The quantitative estimate of drug-likeness (QED) is 0.487. The van der Waals surface area contributed by atoms with Crippen molar-refractivity contribution in [2.24, 2.45) is 0 Å². The summed E-state index contributed by atoms with van der Waals surface area (Å²) in [7, 11) is 1.65. The highest BCUT2D eigenvalue weighted by Crippen LogP contribution is 2.18. The molecule has 2 atom stereocenters. The minimum absolute atomic E-state index is 0.0475. The largest absolute Gasteiger partial charge is 0.376 e. The van der Waals surface area contributed by atoms with Crippen LogP contribution in [0.25, 0.3) is 0 Å². The number of ether oxygens (including phenoxy) is 2. The molecule has 1 aliphatic rings. The van der Waals surface area contributed by atoms with Crippen LogP contribution in [0.1, 0.15) is 12.8 Å². The number of rotatable bonds is 2. The lowest BCUT2D eigenvalue weighted by molar-refractivity contribution is -0.172. The first kappa shape index (κ1) is 8.33. The van der Waals surface area contributed by atoms with Gasteiger partial charge in [-0.25, -0.2) is 0 Å². The van der Waals surface area contributed by atoms with Gasteiger partial charge in [0.05, 0.1) is 0 Å². The summed E-state index contributed by atoms with van der Waals surface area (Å²) in [5.74, 6) is 0. The maximum Gasteiger partial charge on any atom is 0.196 e. The van der Waals surface area contributed by atoms with Crippen molar-refractivity contribution in [2.45, 2.75) is 25.2 Å². The zero-order chi connectivity index (χ0) is 7.40. The molecule has 4 heteroatoms. The average molecular weight is 164 g/mol. The first-order chi connectivity index (χ1) is 4.88. The summed E-state index contributed by atoms with van der Waals surface area (Å²) in [6, 6.07) is 0. The lowest BCUT2D eigenvalue weighted by atomic mass is 10.1. The predicted octanol–water partition coefficient (Wildman–Crippen LogP) is 0.999. The van der Waals surface area contributed by atoms with E-state index in [4.69, 9.17) is 13.7 Å². The van der Waals surface area contributed by atoms with Gasteiger partial charge in [-0.05, 0) is 25.8 Å². The normalized spacial score (nSPS) is 34.2. The Labute approximate surface area is 66.3 Å². The standard InChI is InChI=1S/C6H12O3S/c1-7-5-3-2-4-8-6(5)9-10/h5-6,10H,2-4H2,1H3. The fourth-order valence-electron chi connectivity index (χ4n) is 1.05. The fourth-order valence-corrected chi connectivity index (χ4v) is 1.25. The summed E-state index contributed by atoms with van der Waals surface area (Å²) in [6.45, 7) is 0.741. The maximum atomic E-state index is 5.21. The number of thiol groups is 1. The van der Waals surface area contributed by atoms with Gasteiger partial charge in [0.25, 0.3) is 0 Å². The second-order valence-corrected chi connectivity index (χ2v) is 2.47. The van der Waals surface area contributed by atoms with Crippen LogP contribution in [-0.4, -0.2) is 26.1 Å². The third-order valence-corrected chi connectivity index (χ3v) is 1.83. The van der Waals surface area contributed by atoms with Crippen LogP contribution in [0.15, 0.2) is 0 Å². The van der Waals surface area contributed by atoms with Crippen LogP contribution >= 0.6 is 12.9 Å². The molecule has 60 valence electrons. The molecule has 0 radical (unpaired) electrons. The van der Waals surface area contributed by atoms with Crippen molar-refractivity contribution in [3.05, 3.63) is 0 Å². The highest BCUT2D eigenvalue weighted by molar-refractivity contribution is 7.75. The smallest absolute Gasteiger partial charge is 0.196 e. The molecule has 0 aromatic carbocycles. The summed E-state index contributed by atoms with van der Waals surface area (Å²) in [5, 5.41) is 0. The number of hydrogen-bond donors (Lipinski definition) is 1. The Kier molecular flexibility index (Phi) is 3.48. The topological polar surface area (TPSA) is 27.7 Å². The minimum Gasteiger partial charge on any atom is -0.376 e. The van der Waals surface area contributed by atoms with Crippen LogP contribution in [0.3, 0.4) is 0 Å². The van der Waals surface area contributed by atoms with Gasteiger partial charge in [0.15, 0.2) is 6.29 Å². The molecule has 0 N–H and O–H groups in total. The van der Waals surface area contributed by atoms with Crippen molar-refractivity contribution in [3.8, 4) is 0 Å². The Morgan fingerprint density at radius 1 is 1.60 bits per heavy atom. The molecule has 0 aromatic heterocycles. The van der Waals surface area contributed by atoms with E-state index in [1.54, 1.807) is 7.11 Å². The van der Waals surface area contributed by atoms with Gasteiger partial charge in [-0.2, -0.15) is 0 Å². The zero-order valence-corrected chi connectivity index (χ0v) is 6.84. The molecule has 1 saturated heterocycles. The van der Waals surface area contributed by atoms with Crippen molar-refractivity contribution >= 4 is 12.9 Å². The molecule has 3 nitrogen and oxygen atoms in total. The Hall–Kier alpha value is 0.230. The lowest BCUT2D eigenvalue weighted by Crippen LogP contribution is -2.35. The van der Waals surface area contributed by atoms with Gasteiger partial charge in [-0.15, -0.1) is 0 Å². The first-order valence-electron chi connectivity index (χ1n) is 3.33. The molecule has 10 heavy (non-hydrogen) atoms. The van der Waals surface area contributed by atoms with Crippen molar-refractivity contribution in [2.75, 3.05) is 13.7 Å². The molecule has 1 fully saturated rings. The lowest BCUT2D eigenvalue weighted by Gasteiger charge is -2.28. The molecular formula is C6H12O3S. The molecule has 0 spiro atoms. The van der Waals surface area contributed by atoms with Gasteiger partial charge >= 0.3 is 0 Å². The molecule has 1 heterocycles. The third-order valence-electron chi connectivity index (χ3n) is 1.63. The molecule has 0 saturated carbocycles. The maximum absolute atomic E-state index is 5.21. The molecule has 2 unspecified atom stereocenters. The van der Waals surface area contributed by atoms with Crippen LogP contribution in [0, 0.1) is 0 Å². The van der Waals surface area contributed by atoms with E-state index in [1.807, 2.05) is 0 Å². The van der Waals surface area contributed by atoms with E-state index >= 15 is 0 Å². The predicted molar refractivity (Wildman–Crippen MR) is 39.8 cm³/mol. The van der Waals surface area contributed by atoms with Gasteiger partial charge in [-0.3, -0.25) is 4.18 Å². The van der Waals surface area contributed by atoms with Gasteiger partial charge < -0.3 is 9.47 Å². The molecular weight excluding hydrogens is 152 g/mol. The van der Waals surface area contributed by atoms with Crippen molar-refractivity contribution < 1.29 is 13.7 Å². The first-order valence-corrected chi connectivity index (χ1v) is 3.69. The number of methoxy groups -OCH3 is 1. The van der Waals surface area contributed by atoms with Crippen molar-refractivity contribution in [1.29, 1.82) is 0 Å². The summed E-state index contributed by atoms with van der Waals surface area (Å²) in [4.78, 5) is 0. The molecule has 0 amide bonds. The van der Waals surface area contributed by atoms with E-state index in [2.05, 4.69) is 12.9 Å². The number of hydrogen-bond acceptors (Lipinski definition) is 4. The summed E-state index contributed by atoms with van der Waals surface area (Å²) < 4.78 is 15.0. The fraction of sp³-hybridized carbons (Fsp3) is 1.00. The second kappa shape index (κ2) is 4.18. The second-order valence-electron chi connectivity index (χ2n) is 2.26. The zero-order valence-electron chi connectivity index (χ0n) is 5.95. The third kappa shape index (κ3) is 1.85. The van der Waals surface area contributed by atoms with E-state index in [1.165, 1.54) is 0 Å². The van der Waals surface area contributed by atoms with E-state index in [-0.39, 0.29) is 12.4 Å². The van der Waals surface area contributed by atoms with E-state index in [0.717, 1.165) is 19.4 Å². The van der Waals surface area contributed by atoms with Gasteiger partial charge in [-0.1, -0.05) is 0 Å².